The first-order valence-electron chi connectivity index (χ1n) is 6.34. The van der Waals surface area contributed by atoms with Crippen molar-refractivity contribution in [2.75, 3.05) is 7.11 Å². The van der Waals surface area contributed by atoms with Gasteiger partial charge in [0, 0.05) is 12.5 Å². The van der Waals surface area contributed by atoms with Crippen molar-refractivity contribution in [1.82, 2.24) is 0 Å². The maximum Gasteiger partial charge on any atom is 0.168 e. The van der Waals surface area contributed by atoms with Crippen molar-refractivity contribution in [1.29, 1.82) is 0 Å². The summed E-state index contributed by atoms with van der Waals surface area (Å²) in [5, 5.41) is 10.4. The highest BCUT2D eigenvalue weighted by Gasteiger charge is 2.27. The fourth-order valence-corrected chi connectivity index (χ4v) is 2.19. The fraction of sp³-hybridized carbons (Fsp3) is 0.250. The second-order valence-electron chi connectivity index (χ2n) is 5.04. The first-order chi connectivity index (χ1) is 9.83. The van der Waals surface area contributed by atoms with E-state index in [1.807, 2.05) is 0 Å². The van der Waals surface area contributed by atoms with Crippen molar-refractivity contribution in [3.63, 3.8) is 0 Å². The molecule has 0 aromatic heterocycles. The van der Waals surface area contributed by atoms with E-state index < -0.39 is 23.1 Å². The van der Waals surface area contributed by atoms with Crippen molar-refractivity contribution >= 4 is 0 Å². The van der Waals surface area contributed by atoms with Gasteiger partial charge in [0.2, 0.25) is 0 Å². The Hall–Kier alpha value is -2.01. The zero-order valence-corrected chi connectivity index (χ0v) is 11.7. The SMILES string of the molecule is COc1cccc(CC(C)(O)c2cc(F)cc(F)c2)c1F. The molecule has 1 N–H and O–H groups in total. The molecule has 1 unspecified atom stereocenters. The highest BCUT2D eigenvalue weighted by Crippen LogP contribution is 2.30. The van der Waals surface area contributed by atoms with Crippen LogP contribution in [-0.4, -0.2) is 12.2 Å². The van der Waals surface area contributed by atoms with Gasteiger partial charge < -0.3 is 9.84 Å². The third kappa shape index (κ3) is 3.36. The van der Waals surface area contributed by atoms with E-state index in [0.29, 0.717) is 6.07 Å². The van der Waals surface area contributed by atoms with Crippen molar-refractivity contribution < 1.29 is 23.0 Å². The first-order valence-corrected chi connectivity index (χ1v) is 6.34. The Balaban J connectivity index is 2.37. The fourth-order valence-electron chi connectivity index (χ4n) is 2.19. The molecule has 0 aliphatic heterocycles. The lowest BCUT2D eigenvalue weighted by Gasteiger charge is -2.24. The quantitative estimate of drug-likeness (QED) is 0.934. The van der Waals surface area contributed by atoms with Gasteiger partial charge in [0.05, 0.1) is 12.7 Å². The van der Waals surface area contributed by atoms with Crippen LogP contribution in [0.3, 0.4) is 0 Å². The Morgan fingerprint density at radius 1 is 1.10 bits per heavy atom. The number of hydrogen-bond donors (Lipinski definition) is 1. The van der Waals surface area contributed by atoms with E-state index in [0.717, 1.165) is 12.1 Å². The van der Waals surface area contributed by atoms with Gasteiger partial charge in [0.15, 0.2) is 11.6 Å². The van der Waals surface area contributed by atoms with Gasteiger partial charge in [-0.3, -0.25) is 0 Å². The molecule has 0 radical (unpaired) electrons. The predicted molar refractivity (Wildman–Crippen MR) is 72.6 cm³/mol. The third-order valence-electron chi connectivity index (χ3n) is 3.28. The largest absolute Gasteiger partial charge is 0.494 e. The summed E-state index contributed by atoms with van der Waals surface area (Å²) >= 11 is 0. The van der Waals surface area contributed by atoms with Gasteiger partial charge in [-0.25, -0.2) is 13.2 Å². The van der Waals surface area contributed by atoms with Crippen LogP contribution >= 0.6 is 0 Å². The van der Waals surface area contributed by atoms with Crippen LogP contribution in [0.1, 0.15) is 18.1 Å². The van der Waals surface area contributed by atoms with E-state index in [2.05, 4.69) is 0 Å². The van der Waals surface area contributed by atoms with Crippen LogP contribution in [0.2, 0.25) is 0 Å². The average Bonchev–Trinajstić information content (AvgIpc) is 2.40. The van der Waals surface area contributed by atoms with Crippen LogP contribution in [-0.2, 0) is 12.0 Å². The standard InChI is InChI=1S/C16H15F3O2/c1-16(20,11-6-12(17)8-13(18)7-11)9-10-4-3-5-14(21-2)15(10)19/h3-8,20H,9H2,1-2H3. The lowest BCUT2D eigenvalue weighted by Crippen LogP contribution is -2.25. The number of hydrogen-bond acceptors (Lipinski definition) is 2. The number of benzene rings is 2. The molecule has 0 aliphatic rings. The first kappa shape index (κ1) is 15.4. The Bertz CT molecular complexity index is 634. The maximum absolute atomic E-state index is 14.1. The molecule has 0 saturated heterocycles. The summed E-state index contributed by atoms with van der Waals surface area (Å²) in [4.78, 5) is 0. The molecule has 0 fully saturated rings. The van der Waals surface area contributed by atoms with Gasteiger partial charge in [0.1, 0.15) is 11.6 Å². The molecule has 0 heterocycles. The summed E-state index contributed by atoms with van der Waals surface area (Å²) < 4.78 is 45.5. The van der Waals surface area contributed by atoms with Crippen molar-refractivity contribution in [2.24, 2.45) is 0 Å². The zero-order valence-electron chi connectivity index (χ0n) is 11.7. The molecule has 5 heteroatoms. The minimum Gasteiger partial charge on any atom is -0.494 e. The van der Waals surface area contributed by atoms with Crippen LogP contribution in [0, 0.1) is 17.5 Å². The van der Waals surface area contributed by atoms with Crippen LogP contribution in [0.4, 0.5) is 13.2 Å². The number of ether oxygens (including phenoxy) is 1. The van der Waals surface area contributed by atoms with E-state index in [1.165, 1.54) is 26.2 Å². The molecule has 0 amide bonds. The van der Waals surface area contributed by atoms with E-state index in [9.17, 15) is 18.3 Å². The van der Waals surface area contributed by atoms with Crippen LogP contribution in [0.15, 0.2) is 36.4 Å². The van der Waals surface area contributed by atoms with E-state index in [1.54, 1.807) is 6.07 Å². The van der Waals surface area contributed by atoms with Crippen molar-refractivity contribution in [3.8, 4) is 5.75 Å². The molecule has 2 aromatic carbocycles. The minimum absolute atomic E-state index is 0.0437. The minimum atomic E-state index is -1.61. The molecule has 1 atom stereocenters. The van der Waals surface area contributed by atoms with Crippen LogP contribution in [0.25, 0.3) is 0 Å². The average molecular weight is 296 g/mol. The van der Waals surface area contributed by atoms with Crippen molar-refractivity contribution in [2.45, 2.75) is 18.9 Å². The molecule has 2 nitrogen and oxygen atoms in total. The summed E-state index contributed by atoms with van der Waals surface area (Å²) in [6, 6.07) is 7.30. The number of halogens is 3. The highest BCUT2D eigenvalue weighted by atomic mass is 19.1. The van der Waals surface area contributed by atoms with Crippen molar-refractivity contribution in [3.05, 3.63) is 65.0 Å². The second-order valence-corrected chi connectivity index (χ2v) is 5.04. The Labute approximate surface area is 120 Å². The maximum atomic E-state index is 14.1. The monoisotopic (exact) mass is 296 g/mol. The normalized spacial score (nSPS) is 13.8. The molecule has 21 heavy (non-hydrogen) atoms. The topological polar surface area (TPSA) is 29.5 Å². The summed E-state index contributed by atoms with van der Waals surface area (Å²) in [7, 11) is 1.34. The van der Waals surface area contributed by atoms with Crippen LogP contribution < -0.4 is 4.74 Å². The van der Waals surface area contributed by atoms with Gasteiger partial charge in [-0.1, -0.05) is 12.1 Å². The number of methoxy groups -OCH3 is 1. The molecule has 112 valence electrons. The van der Waals surface area contributed by atoms with Gasteiger partial charge in [-0.05, 0) is 36.2 Å². The molecular weight excluding hydrogens is 281 g/mol. The molecule has 2 aromatic rings. The Morgan fingerprint density at radius 3 is 2.29 bits per heavy atom. The number of rotatable bonds is 4. The van der Waals surface area contributed by atoms with Gasteiger partial charge in [-0.2, -0.15) is 0 Å². The summed E-state index contributed by atoms with van der Waals surface area (Å²) in [5.74, 6) is -2.14. The lowest BCUT2D eigenvalue weighted by atomic mass is 9.88. The number of aliphatic hydroxyl groups is 1. The van der Waals surface area contributed by atoms with E-state index >= 15 is 0 Å². The van der Waals surface area contributed by atoms with E-state index in [-0.39, 0.29) is 23.3 Å². The molecule has 0 spiro atoms. The van der Waals surface area contributed by atoms with Gasteiger partial charge in [-0.15, -0.1) is 0 Å². The van der Waals surface area contributed by atoms with E-state index in [4.69, 9.17) is 4.74 Å². The second kappa shape index (κ2) is 5.77. The summed E-state index contributed by atoms with van der Waals surface area (Å²) in [5.41, 5.74) is -1.37. The smallest absolute Gasteiger partial charge is 0.168 e. The van der Waals surface area contributed by atoms with Crippen LogP contribution in [0.5, 0.6) is 5.75 Å². The Morgan fingerprint density at radius 2 is 1.71 bits per heavy atom. The highest BCUT2D eigenvalue weighted by molar-refractivity contribution is 5.34. The molecule has 2 rings (SSSR count). The molecule has 0 aliphatic carbocycles. The summed E-state index contributed by atoms with van der Waals surface area (Å²) in [6.45, 7) is 1.38. The van der Waals surface area contributed by atoms with Gasteiger partial charge >= 0.3 is 0 Å². The predicted octanol–water partition coefficient (Wildman–Crippen LogP) is 3.56. The summed E-state index contributed by atoms with van der Waals surface area (Å²) in [6.07, 6.45) is -0.140. The molecular formula is C16H15F3O2. The Kier molecular flexibility index (Phi) is 4.23. The molecule has 0 saturated carbocycles. The third-order valence-corrected chi connectivity index (χ3v) is 3.28. The lowest BCUT2D eigenvalue weighted by molar-refractivity contribution is 0.0559. The zero-order chi connectivity index (χ0) is 15.6. The van der Waals surface area contributed by atoms with Gasteiger partial charge in [0.25, 0.3) is 0 Å². The molecule has 0 bridgehead atoms.